The van der Waals surface area contributed by atoms with Gasteiger partial charge in [0.25, 0.3) is 0 Å². The van der Waals surface area contributed by atoms with Crippen molar-refractivity contribution in [1.29, 1.82) is 0 Å². The van der Waals surface area contributed by atoms with E-state index in [-0.39, 0.29) is 7.43 Å². The number of phosphoric acid groups is 2. The third kappa shape index (κ3) is 8.06. The van der Waals surface area contributed by atoms with Gasteiger partial charge >= 0.3 is 15.6 Å². The average molecular weight is 290 g/mol. The van der Waals surface area contributed by atoms with Gasteiger partial charge in [-0.15, -0.1) is 0 Å². The Morgan fingerprint density at radius 3 is 1.82 bits per heavy atom. The second-order valence-electron chi connectivity index (χ2n) is 3.76. The van der Waals surface area contributed by atoms with Crippen molar-refractivity contribution in [2.24, 2.45) is 0 Å². The van der Waals surface area contributed by atoms with Gasteiger partial charge in [0.05, 0.1) is 6.10 Å². The van der Waals surface area contributed by atoms with Crippen LogP contribution in [0.5, 0.6) is 0 Å². The van der Waals surface area contributed by atoms with Crippen LogP contribution in [-0.4, -0.2) is 20.8 Å². The Labute approximate surface area is 101 Å². The van der Waals surface area contributed by atoms with Crippen LogP contribution in [0.3, 0.4) is 0 Å². The van der Waals surface area contributed by atoms with E-state index in [1.165, 1.54) is 0 Å². The fraction of sp³-hybridized carbons (Fsp3) is 1.00. The third-order valence-corrected chi connectivity index (χ3v) is 4.53. The van der Waals surface area contributed by atoms with E-state index < -0.39 is 21.7 Å². The van der Waals surface area contributed by atoms with Gasteiger partial charge in [0.2, 0.25) is 0 Å². The van der Waals surface area contributed by atoms with Gasteiger partial charge < -0.3 is 14.7 Å². The SMILES string of the molecule is C.O=P(O)(O)OP(=O)(O)OC1CCCCCC1. The van der Waals surface area contributed by atoms with Crippen LogP contribution < -0.4 is 0 Å². The summed E-state index contributed by atoms with van der Waals surface area (Å²) in [4.78, 5) is 25.9. The van der Waals surface area contributed by atoms with E-state index in [1.807, 2.05) is 0 Å². The lowest BCUT2D eigenvalue weighted by Gasteiger charge is -2.19. The number of hydrogen-bond acceptors (Lipinski definition) is 4. The van der Waals surface area contributed by atoms with Crippen molar-refractivity contribution < 1.29 is 32.6 Å². The van der Waals surface area contributed by atoms with Crippen molar-refractivity contribution in [3.05, 3.63) is 0 Å². The minimum atomic E-state index is -5.00. The molecular formula is C8H20O7P2. The van der Waals surface area contributed by atoms with Crippen LogP contribution in [0.2, 0.25) is 0 Å². The molecule has 1 fully saturated rings. The molecule has 0 aromatic rings. The molecule has 1 atom stereocenters. The number of phosphoric ester groups is 1. The molecule has 1 unspecified atom stereocenters. The summed E-state index contributed by atoms with van der Waals surface area (Å²) in [5, 5.41) is 0. The quantitative estimate of drug-likeness (QED) is 0.538. The van der Waals surface area contributed by atoms with Crippen molar-refractivity contribution in [2.75, 3.05) is 0 Å². The molecule has 0 aliphatic heterocycles. The van der Waals surface area contributed by atoms with Crippen molar-refractivity contribution in [3.63, 3.8) is 0 Å². The lowest BCUT2D eigenvalue weighted by Crippen LogP contribution is -2.10. The Bertz CT molecular complexity index is 305. The van der Waals surface area contributed by atoms with Gasteiger partial charge in [-0.2, -0.15) is 4.31 Å². The Kier molecular flexibility index (Phi) is 7.11. The summed E-state index contributed by atoms with van der Waals surface area (Å²) in [5.74, 6) is 0. The van der Waals surface area contributed by atoms with Crippen LogP contribution in [0.15, 0.2) is 0 Å². The first-order valence-electron chi connectivity index (χ1n) is 5.07. The molecule has 7 nitrogen and oxygen atoms in total. The molecule has 104 valence electrons. The molecule has 0 heterocycles. The highest BCUT2D eigenvalue weighted by Crippen LogP contribution is 2.58. The summed E-state index contributed by atoms with van der Waals surface area (Å²) in [7, 11) is -9.67. The first-order valence-corrected chi connectivity index (χ1v) is 8.09. The molecule has 0 radical (unpaired) electrons. The van der Waals surface area contributed by atoms with Crippen molar-refractivity contribution >= 4 is 15.6 Å². The lowest BCUT2D eigenvalue weighted by molar-refractivity contribution is 0.117. The van der Waals surface area contributed by atoms with Gasteiger partial charge in [-0.3, -0.25) is 4.52 Å². The minimum Gasteiger partial charge on any atom is -0.302 e. The molecule has 0 bridgehead atoms. The zero-order valence-electron chi connectivity index (χ0n) is 8.69. The standard InChI is InChI=1S/C7H16O7P2.CH4/c8-15(9,10)14-16(11,12)13-7-5-3-1-2-4-6-7;/h7H,1-6H2,(H,11,12)(H2,8,9,10);1H4. The summed E-state index contributed by atoms with van der Waals surface area (Å²) in [6, 6.07) is 0. The maximum absolute atomic E-state index is 11.2. The molecule has 1 aliphatic carbocycles. The molecule has 1 aliphatic rings. The second kappa shape index (κ2) is 7.00. The molecule has 17 heavy (non-hydrogen) atoms. The van der Waals surface area contributed by atoms with Crippen LogP contribution in [0.25, 0.3) is 0 Å². The lowest BCUT2D eigenvalue weighted by atomic mass is 10.2. The van der Waals surface area contributed by atoms with Crippen molar-refractivity contribution in [2.45, 2.75) is 52.1 Å². The van der Waals surface area contributed by atoms with Crippen molar-refractivity contribution in [3.8, 4) is 0 Å². The number of rotatable bonds is 4. The van der Waals surface area contributed by atoms with Crippen LogP contribution in [0, 0.1) is 0 Å². The summed E-state index contributed by atoms with van der Waals surface area (Å²) in [5.41, 5.74) is 0. The molecule has 0 aromatic heterocycles. The van der Waals surface area contributed by atoms with Crippen LogP contribution in [0.1, 0.15) is 46.0 Å². The molecule has 0 aromatic carbocycles. The first kappa shape index (κ1) is 17.3. The molecular weight excluding hydrogens is 270 g/mol. The maximum Gasteiger partial charge on any atom is 0.481 e. The molecule has 3 N–H and O–H groups in total. The van der Waals surface area contributed by atoms with E-state index in [9.17, 15) is 9.13 Å². The van der Waals surface area contributed by atoms with Gasteiger partial charge in [0.15, 0.2) is 0 Å². The normalized spacial score (nSPS) is 22.3. The Morgan fingerprint density at radius 1 is 0.941 bits per heavy atom. The van der Waals surface area contributed by atoms with E-state index >= 15 is 0 Å². The zero-order chi connectivity index (χ0) is 12.2. The zero-order valence-corrected chi connectivity index (χ0v) is 10.5. The fourth-order valence-electron chi connectivity index (χ4n) is 1.69. The molecule has 1 saturated carbocycles. The number of hydrogen-bond donors (Lipinski definition) is 3. The topological polar surface area (TPSA) is 113 Å². The van der Waals surface area contributed by atoms with E-state index in [0.29, 0.717) is 12.8 Å². The highest BCUT2D eigenvalue weighted by Gasteiger charge is 2.34. The predicted molar refractivity (Wildman–Crippen MR) is 62.3 cm³/mol. The summed E-state index contributed by atoms with van der Waals surface area (Å²) in [6.07, 6.45) is 4.57. The van der Waals surface area contributed by atoms with Crippen molar-refractivity contribution in [1.82, 2.24) is 0 Å². The minimum absolute atomic E-state index is 0. The Balaban J connectivity index is 0.00000256. The Hall–Kier alpha value is 0.260. The first-order chi connectivity index (χ1) is 7.29. The molecule has 1 rings (SSSR count). The van der Waals surface area contributed by atoms with Crippen LogP contribution in [0.4, 0.5) is 0 Å². The van der Waals surface area contributed by atoms with Gasteiger partial charge in [0, 0.05) is 0 Å². The summed E-state index contributed by atoms with van der Waals surface area (Å²) < 4.78 is 30.1. The van der Waals surface area contributed by atoms with Crippen LogP contribution >= 0.6 is 15.6 Å². The molecule has 0 saturated heterocycles. The summed E-state index contributed by atoms with van der Waals surface area (Å²) >= 11 is 0. The maximum atomic E-state index is 11.2. The molecule has 9 heteroatoms. The smallest absolute Gasteiger partial charge is 0.302 e. The highest BCUT2D eigenvalue weighted by atomic mass is 31.3. The van der Waals surface area contributed by atoms with Crippen LogP contribution in [-0.2, 0) is 18.0 Å². The van der Waals surface area contributed by atoms with Gasteiger partial charge in [-0.25, -0.2) is 9.13 Å². The fourth-order valence-corrected chi connectivity index (χ4v) is 3.51. The van der Waals surface area contributed by atoms with Gasteiger partial charge in [-0.05, 0) is 12.8 Å². The monoisotopic (exact) mass is 290 g/mol. The Morgan fingerprint density at radius 2 is 1.41 bits per heavy atom. The largest absolute Gasteiger partial charge is 0.481 e. The van der Waals surface area contributed by atoms with Gasteiger partial charge in [0.1, 0.15) is 0 Å². The highest BCUT2D eigenvalue weighted by molar-refractivity contribution is 7.60. The predicted octanol–water partition coefficient (Wildman–Crippen LogP) is 2.57. The summed E-state index contributed by atoms with van der Waals surface area (Å²) in [6.45, 7) is 0. The molecule has 0 spiro atoms. The molecule has 0 amide bonds. The van der Waals surface area contributed by atoms with E-state index in [0.717, 1.165) is 25.7 Å². The van der Waals surface area contributed by atoms with E-state index in [4.69, 9.17) is 19.2 Å². The third-order valence-electron chi connectivity index (χ3n) is 2.29. The second-order valence-corrected chi connectivity index (χ2v) is 6.54. The van der Waals surface area contributed by atoms with Gasteiger partial charge in [-0.1, -0.05) is 33.1 Å². The van der Waals surface area contributed by atoms with E-state index in [2.05, 4.69) is 4.31 Å². The average Bonchev–Trinajstić information content (AvgIpc) is 2.26. The van der Waals surface area contributed by atoms with E-state index in [1.54, 1.807) is 0 Å².